The molecule has 1 saturated heterocycles. The number of rotatable bonds is 8. The summed E-state index contributed by atoms with van der Waals surface area (Å²) in [4.78, 5) is 22.4. The van der Waals surface area contributed by atoms with Gasteiger partial charge in [0.2, 0.25) is 5.95 Å². The molecule has 14 heteroatoms. The van der Waals surface area contributed by atoms with Crippen LogP contribution in [0.3, 0.4) is 0 Å². The maximum atomic E-state index is 13.7. The first-order valence-corrected chi connectivity index (χ1v) is 12.3. The fourth-order valence-electron chi connectivity index (χ4n) is 3.82. The lowest BCUT2D eigenvalue weighted by atomic mass is 9.93. The van der Waals surface area contributed by atoms with Crippen molar-refractivity contribution in [2.45, 2.75) is 69.8 Å². The minimum atomic E-state index is -5.08. The number of aliphatic hydroxyl groups excluding tert-OH is 1. The Morgan fingerprint density at radius 1 is 1.18 bits per heavy atom. The first-order valence-electron chi connectivity index (χ1n) is 12.3. The van der Waals surface area contributed by atoms with Crippen molar-refractivity contribution in [2.24, 2.45) is 0 Å². The molecule has 10 nitrogen and oxygen atoms in total. The van der Waals surface area contributed by atoms with E-state index in [9.17, 15) is 22.7 Å². The van der Waals surface area contributed by atoms with E-state index in [2.05, 4.69) is 25.6 Å². The van der Waals surface area contributed by atoms with Crippen LogP contribution in [0.4, 0.5) is 29.3 Å². The van der Waals surface area contributed by atoms with Gasteiger partial charge in [-0.2, -0.15) is 18.2 Å². The summed E-state index contributed by atoms with van der Waals surface area (Å²) in [5, 5.41) is 23.4. The number of anilines is 2. The molecule has 0 radical (unpaired) electrons. The zero-order valence-corrected chi connectivity index (χ0v) is 20.7. The summed E-state index contributed by atoms with van der Waals surface area (Å²) >= 11 is 0. The summed E-state index contributed by atoms with van der Waals surface area (Å²) in [7, 11) is 0. The van der Waals surface area contributed by atoms with E-state index < -0.39 is 24.6 Å². The van der Waals surface area contributed by atoms with Crippen molar-refractivity contribution in [3.63, 3.8) is 0 Å². The van der Waals surface area contributed by atoms with E-state index in [1.807, 2.05) is 12.1 Å². The van der Waals surface area contributed by atoms with Crippen molar-refractivity contribution < 1.29 is 42.0 Å². The van der Waals surface area contributed by atoms with E-state index >= 15 is 0 Å². The molecule has 0 spiro atoms. The maximum Gasteiger partial charge on any atom is 0.490 e. The number of carbonyl (C=O) groups is 1. The Labute approximate surface area is 216 Å². The summed E-state index contributed by atoms with van der Waals surface area (Å²) < 4.78 is 56.6. The van der Waals surface area contributed by atoms with Gasteiger partial charge in [-0.3, -0.25) is 4.98 Å². The summed E-state index contributed by atoms with van der Waals surface area (Å²) in [6, 6.07) is 3.99. The molecular weight excluding hydrogens is 514 g/mol. The van der Waals surface area contributed by atoms with E-state index in [1.54, 1.807) is 19.3 Å². The molecule has 4 rings (SSSR count). The van der Waals surface area contributed by atoms with Gasteiger partial charge in [-0.1, -0.05) is 6.92 Å². The number of hydrogen-bond donors (Lipinski definition) is 4. The van der Waals surface area contributed by atoms with Crippen molar-refractivity contribution in [1.82, 2.24) is 15.0 Å². The highest BCUT2D eigenvalue weighted by Gasteiger charge is 2.38. The third kappa shape index (κ3) is 8.74. The van der Waals surface area contributed by atoms with Gasteiger partial charge in [0, 0.05) is 30.5 Å². The third-order valence-corrected chi connectivity index (χ3v) is 5.95. The van der Waals surface area contributed by atoms with E-state index in [0.717, 1.165) is 36.8 Å². The fraction of sp³-hybridized carbons (Fsp3) is 0.583. The number of nitrogens with one attached hydrogen (secondary N) is 2. The number of alkyl halides is 4. The van der Waals surface area contributed by atoms with Gasteiger partial charge in [0.1, 0.15) is 12.0 Å². The molecule has 0 unspecified atom stereocenters. The zero-order chi connectivity index (χ0) is 27.7. The summed E-state index contributed by atoms with van der Waals surface area (Å²) in [5.74, 6) is -1.74. The zero-order valence-electron chi connectivity index (χ0n) is 20.7. The molecule has 0 amide bonds. The normalized spacial score (nSPS) is 20.8. The lowest BCUT2D eigenvalue weighted by molar-refractivity contribution is -0.192. The van der Waals surface area contributed by atoms with Crippen LogP contribution in [0, 0.1) is 0 Å². The Bertz CT molecular complexity index is 1050. The standard InChI is InChI=1S/C22H30FN5O3.C2HF3O2/c1-2-15(23)12-25-22-26-13-18(20(28-22)27-16-3-5-17(29)6-4-16)19-11-14(7-8-24-19)21-30-9-10-31-21;3-2(4,5)1(6)7/h7-8,11,13,15-17,21,29H,2-6,9-10,12H2,1H3,(H2,25,26,27,28);(H,6,7)/t15-,16?,17?;/m0./s1. The average molecular weight is 546 g/mol. The van der Waals surface area contributed by atoms with Crippen molar-refractivity contribution in [2.75, 3.05) is 30.4 Å². The molecule has 2 fully saturated rings. The Kier molecular flexibility index (Phi) is 10.6. The van der Waals surface area contributed by atoms with Crippen molar-refractivity contribution in [3.8, 4) is 11.3 Å². The molecule has 3 heterocycles. The number of pyridine rings is 1. The monoisotopic (exact) mass is 545 g/mol. The minimum Gasteiger partial charge on any atom is -0.475 e. The third-order valence-electron chi connectivity index (χ3n) is 5.95. The first-order chi connectivity index (χ1) is 18.1. The number of carboxylic acids is 1. The molecule has 210 valence electrons. The topological polar surface area (TPSA) is 139 Å². The van der Waals surface area contributed by atoms with E-state index in [0.29, 0.717) is 37.1 Å². The molecule has 1 aliphatic heterocycles. The molecule has 38 heavy (non-hydrogen) atoms. The van der Waals surface area contributed by atoms with Crippen molar-refractivity contribution in [1.29, 1.82) is 0 Å². The molecule has 1 saturated carbocycles. The largest absolute Gasteiger partial charge is 0.490 e. The number of hydrogen-bond acceptors (Lipinski definition) is 9. The van der Waals surface area contributed by atoms with E-state index in [-0.39, 0.29) is 18.7 Å². The second-order valence-electron chi connectivity index (χ2n) is 8.84. The second-order valence-corrected chi connectivity index (χ2v) is 8.84. The summed E-state index contributed by atoms with van der Waals surface area (Å²) in [6.07, 6.45) is 0.415. The summed E-state index contributed by atoms with van der Waals surface area (Å²) in [5.41, 5.74) is 2.35. The fourth-order valence-corrected chi connectivity index (χ4v) is 3.82. The predicted molar refractivity (Wildman–Crippen MR) is 129 cm³/mol. The number of ether oxygens (including phenoxy) is 2. The van der Waals surface area contributed by atoms with Crippen LogP contribution in [0.15, 0.2) is 24.5 Å². The Hall–Kier alpha value is -3.10. The van der Waals surface area contributed by atoms with Gasteiger partial charge >= 0.3 is 12.1 Å². The lowest BCUT2D eigenvalue weighted by Gasteiger charge is -2.27. The molecular formula is C24H31F4N5O5. The highest BCUT2D eigenvalue weighted by Crippen LogP contribution is 2.31. The Balaban J connectivity index is 0.000000505. The quantitative estimate of drug-likeness (QED) is 0.359. The van der Waals surface area contributed by atoms with Gasteiger partial charge in [0.15, 0.2) is 6.29 Å². The van der Waals surface area contributed by atoms with Crippen LogP contribution < -0.4 is 10.6 Å². The number of aromatic nitrogens is 3. The molecule has 2 aromatic rings. The van der Waals surface area contributed by atoms with Crippen LogP contribution >= 0.6 is 0 Å². The molecule has 1 atom stereocenters. The van der Waals surface area contributed by atoms with Gasteiger partial charge < -0.3 is 30.3 Å². The highest BCUT2D eigenvalue weighted by molar-refractivity contribution is 5.73. The summed E-state index contributed by atoms with van der Waals surface area (Å²) in [6.45, 7) is 3.10. The molecule has 2 aromatic heterocycles. The number of aliphatic hydroxyl groups is 1. The van der Waals surface area contributed by atoms with Gasteiger partial charge in [0.25, 0.3) is 0 Å². The minimum absolute atomic E-state index is 0.162. The second kappa shape index (κ2) is 13.6. The lowest BCUT2D eigenvalue weighted by Crippen LogP contribution is -2.29. The number of carboxylic acid groups (broad SMARTS) is 1. The van der Waals surface area contributed by atoms with Gasteiger partial charge in [-0.25, -0.2) is 14.2 Å². The predicted octanol–water partition coefficient (Wildman–Crippen LogP) is 4.09. The molecule has 0 aromatic carbocycles. The SMILES string of the molecule is CC[C@H](F)CNc1ncc(-c2cc(C3OCCO3)ccn2)c(NC2CCC(O)CC2)n1.O=C(O)C(F)(F)F. The molecule has 4 N–H and O–H groups in total. The van der Waals surface area contributed by atoms with Gasteiger partial charge in [-0.05, 0) is 44.2 Å². The Morgan fingerprint density at radius 3 is 2.45 bits per heavy atom. The smallest absolute Gasteiger partial charge is 0.475 e. The number of halogens is 4. The van der Waals surface area contributed by atoms with E-state index in [4.69, 9.17) is 19.4 Å². The van der Waals surface area contributed by atoms with Crippen LogP contribution in [-0.4, -0.2) is 75.4 Å². The van der Waals surface area contributed by atoms with Gasteiger partial charge in [-0.15, -0.1) is 0 Å². The van der Waals surface area contributed by atoms with Crippen LogP contribution in [0.25, 0.3) is 11.3 Å². The Morgan fingerprint density at radius 2 is 1.84 bits per heavy atom. The number of nitrogens with zero attached hydrogens (tertiary/aromatic N) is 3. The van der Waals surface area contributed by atoms with Crippen LogP contribution in [0.5, 0.6) is 0 Å². The highest BCUT2D eigenvalue weighted by atomic mass is 19.4. The van der Waals surface area contributed by atoms with Gasteiger partial charge in [0.05, 0.1) is 30.6 Å². The van der Waals surface area contributed by atoms with Crippen LogP contribution in [-0.2, 0) is 14.3 Å². The molecule has 0 bridgehead atoms. The first kappa shape index (κ1) is 29.5. The number of aliphatic carboxylic acids is 1. The van der Waals surface area contributed by atoms with Crippen molar-refractivity contribution in [3.05, 3.63) is 30.1 Å². The molecule has 1 aliphatic carbocycles. The maximum absolute atomic E-state index is 13.7. The van der Waals surface area contributed by atoms with Crippen LogP contribution in [0.1, 0.15) is 50.9 Å². The average Bonchev–Trinajstić information content (AvgIpc) is 3.44. The van der Waals surface area contributed by atoms with Crippen LogP contribution in [0.2, 0.25) is 0 Å². The van der Waals surface area contributed by atoms with Crippen molar-refractivity contribution >= 4 is 17.7 Å². The molecule has 2 aliphatic rings. The van der Waals surface area contributed by atoms with E-state index in [1.165, 1.54) is 0 Å².